The predicted molar refractivity (Wildman–Crippen MR) is 134 cm³/mol. The summed E-state index contributed by atoms with van der Waals surface area (Å²) >= 11 is 5.26. The van der Waals surface area contributed by atoms with Gasteiger partial charge in [-0.25, -0.2) is 0 Å². The quantitative estimate of drug-likeness (QED) is 0.334. The van der Waals surface area contributed by atoms with Crippen molar-refractivity contribution < 1.29 is 9.53 Å². The number of ether oxygens (including phenoxy) is 1. The minimum Gasteiger partial charge on any atom is -0.494 e. The fraction of sp³-hybridized carbons (Fsp3) is 0.440. The molecular formula is C25H34N4O2S. The van der Waals surface area contributed by atoms with Crippen LogP contribution in [0.25, 0.3) is 0 Å². The third kappa shape index (κ3) is 9.24. The van der Waals surface area contributed by atoms with Crippen molar-refractivity contribution in [1.82, 2.24) is 15.5 Å². The van der Waals surface area contributed by atoms with Crippen LogP contribution in [0, 0.1) is 0 Å². The number of nitrogens with zero attached hydrogens (tertiary/aromatic N) is 1. The molecule has 0 atom stereocenters. The van der Waals surface area contributed by atoms with E-state index in [1.807, 2.05) is 36.4 Å². The molecule has 6 nitrogen and oxygen atoms in total. The molecule has 7 heteroatoms. The second-order valence-corrected chi connectivity index (χ2v) is 8.44. The van der Waals surface area contributed by atoms with E-state index < -0.39 is 0 Å². The molecule has 1 amide bonds. The Hall–Kier alpha value is -2.64. The summed E-state index contributed by atoms with van der Waals surface area (Å²) in [6.45, 7) is 5.25. The van der Waals surface area contributed by atoms with Crippen LogP contribution in [0.1, 0.15) is 37.7 Å². The molecule has 1 heterocycles. The van der Waals surface area contributed by atoms with Gasteiger partial charge in [0.15, 0.2) is 5.11 Å². The number of benzene rings is 2. The molecule has 1 aliphatic heterocycles. The topological polar surface area (TPSA) is 65.6 Å². The Kier molecular flexibility index (Phi) is 10.3. The van der Waals surface area contributed by atoms with Crippen LogP contribution in [-0.4, -0.2) is 48.7 Å². The number of anilines is 1. The van der Waals surface area contributed by atoms with Gasteiger partial charge in [0, 0.05) is 31.7 Å². The van der Waals surface area contributed by atoms with Crippen molar-refractivity contribution in [2.75, 3.05) is 38.1 Å². The van der Waals surface area contributed by atoms with Crippen LogP contribution >= 0.6 is 12.2 Å². The number of thiocarbonyl (C=S) groups is 1. The molecular weight excluding hydrogens is 420 g/mol. The van der Waals surface area contributed by atoms with Crippen LogP contribution in [0.2, 0.25) is 0 Å². The van der Waals surface area contributed by atoms with E-state index in [1.165, 1.54) is 31.5 Å². The Morgan fingerprint density at radius 1 is 0.969 bits per heavy atom. The SMILES string of the molecule is O=C(CCCNC(=S)Nc1ccccc1)NCCCOc1cccc(CN2CCCC2)c1. The number of hydrogen-bond donors (Lipinski definition) is 3. The summed E-state index contributed by atoms with van der Waals surface area (Å²) in [7, 11) is 0. The molecule has 0 spiro atoms. The van der Waals surface area contributed by atoms with Crippen LogP contribution in [0.3, 0.4) is 0 Å². The maximum atomic E-state index is 12.0. The molecule has 2 aromatic carbocycles. The molecule has 1 aliphatic rings. The first-order chi connectivity index (χ1) is 15.7. The molecule has 0 saturated carbocycles. The second kappa shape index (κ2) is 13.7. The number of para-hydroxylation sites is 1. The summed E-state index contributed by atoms with van der Waals surface area (Å²) in [5, 5.41) is 9.76. The van der Waals surface area contributed by atoms with Gasteiger partial charge in [0.05, 0.1) is 6.61 Å². The summed E-state index contributed by atoms with van der Waals surface area (Å²) in [6.07, 6.45) is 4.59. The zero-order chi connectivity index (χ0) is 22.4. The van der Waals surface area contributed by atoms with Crippen molar-refractivity contribution in [3.8, 4) is 5.75 Å². The van der Waals surface area contributed by atoms with Crippen LogP contribution in [0.4, 0.5) is 5.69 Å². The van der Waals surface area contributed by atoms with E-state index in [-0.39, 0.29) is 5.91 Å². The van der Waals surface area contributed by atoms with E-state index >= 15 is 0 Å². The lowest BCUT2D eigenvalue weighted by Crippen LogP contribution is -2.31. The fourth-order valence-corrected chi connectivity index (χ4v) is 3.88. The summed E-state index contributed by atoms with van der Waals surface area (Å²) in [6, 6.07) is 18.1. The lowest BCUT2D eigenvalue weighted by Gasteiger charge is -2.15. The monoisotopic (exact) mass is 454 g/mol. The van der Waals surface area contributed by atoms with Gasteiger partial charge >= 0.3 is 0 Å². The highest BCUT2D eigenvalue weighted by Crippen LogP contribution is 2.17. The van der Waals surface area contributed by atoms with E-state index in [0.717, 1.165) is 30.8 Å². The molecule has 3 N–H and O–H groups in total. The Balaban J connectivity index is 1.20. The summed E-state index contributed by atoms with van der Waals surface area (Å²) < 4.78 is 5.87. The molecule has 3 rings (SSSR count). The first kappa shape index (κ1) is 24.0. The fourth-order valence-electron chi connectivity index (χ4n) is 3.66. The maximum Gasteiger partial charge on any atom is 0.220 e. The van der Waals surface area contributed by atoms with Gasteiger partial charge in [0.2, 0.25) is 5.91 Å². The second-order valence-electron chi connectivity index (χ2n) is 8.03. The summed E-state index contributed by atoms with van der Waals surface area (Å²) in [4.78, 5) is 14.5. The number of likely N-dealkylation sites (tertiary alicyclic amines) is 1. The van der Waals surface area contributed by atoms with Crippen molar-refractivity contribution >= 4 is 28.9 Å². The van der Waals surface area contributed by atoms with E-state index in [2.05, 4.69) is 39.0 Å². The summed E-state index contributed by atoms with van der Waals surface area (Å²) in [5.41, 5.74) is 2.24. The van der Waals surface area contributed by atoms with Gasteiger partial charge in [-0.3, -0.25) is 9.69 Å². The van der Waals surface area contributed by atoms with Crippen LogP contribution in [0.5, 0.6) is 5.75 Å². The van der Waals surface area contributed by atoms with E-state index in [0.29, 0.717) is 31.2 Å². The van der Waals surface area contributed by atoms with Crippen LogP contribution in [0.15, 0.2) is 54.6 Å². The maximum absolute atomic E-state index is 12.0. The van der Waals surface area contributed by atoms with Crippen molar-refractivity contribution in [3.63, 3.8) is 0 Å². The van der Waals surface area contributed by atoms with Gasteiger partial charge in [-0.2, -0.15) is 0 Å². The Labute approximate surface area is 196 Å². The van der Waals surface area contributed by atoms with Gasteiger partial charge < -0.3 is 20.7 Å². The average Bonchev–Trinajstić information content (AvgIpc) is 3.30. The number of carbonyl (C=O) groups excluding carboxylic acids is 1. The molecule has 0 bridgehead atoms. The van der Waals surface area contributed by atoms with Crippen LogP contribution in [-0.2, 0) is 11.3 Å². The minimum absolute atomic E-state index is 0.0568. The number of hydrogen-bond acceptors (Lipinski definition) is 4. The molecule has 1 saturated heterocycles. The van der Waals surface area contributed by atoms with Gasteiger partial charge in [0.25, 0.3) is 0 Å². The highest BCUT2D eigenvalue weighted by atomic mass is 32.1. The van der Waals surface area contributed by atoms with Gasteiger partial charge in [-0.05, 0) is 80.8 Å². The Morgan fingerprint density at radius 2 is 1.75 bits per heavy atom. The number of nitrogens with one attached hydrogen (secondary N) is 3. The summed E-state index contributed by atoms with van der Waals surface area (Å²) in [5.74, 6) is 0.959. The predicted octanol–water partition coefficient (Wildman–Crippen LogP) is 3.93. The zero-order valence-corrected chi connectivity index (χ0v) is 19.5. The first-order valence-corrected chi connectivity index (χ1v) is 11.9. The molecule has 0 unspecified atom stereocenters. The lowest BCUT2D eigenvalue weighted by molar-refractivity contribution is -0.121. The van der Waals surface area contributed by atoms with Crippen molar-refractivity contribution in [2.45, 2.75) is 38.6 Å². The largest absolute Gasteiger partial charge is 0.494 e. The third-order valence-electron chi connectivity index (χ3n) is 5.31. The third-order valence-corrected chi connectivity index (χ3v) is 5.56. The standard InChI is InChI=1S/C25H34N4O2S/c30-24(13-7-14-27-25(32)28-22-10-2-1-3-11-22)26-15-8-18-31-23-12-6-9-21(19-23)20-29-16-4-5-17-29/h1-3,6,9-12,19H,4-5,7-8,13-18,20H2,(H,26,30)(H2,27,28,32). The smallest absolute Gasteiger partial charge is 0.220 e. The van der Waals surface area contributed by atoms with E-state index in [1.54, 1.807) is 0 Å². The van der Waals surface area contributed by atoms with Gasteiger partial charge in [-0.1, -0.05) is 30.3 Å². The molecule has 172 valence electrons. The van der Waals surface area contributed by atoms with Crippen molar-refractivity contribution in [1.29, 1.82) is 0 Å². The van der Waals surface area contributed by atoms with Gasteiger partial charge in [-0.15, -0.1) is 0 Å². The Morgan fingerprint density at radius 3 is 2.56 bits per heavy atom. The Bertz CT molecular complexity index is 841. The van der Waals surface area contributed by atoms with Crippen molar-refractivity contribution in [2.24, 2.45) is 0 Å². The first-order valence-electron chi connectivity index (χ1n) is 11.5. The number of amides is 1. The number of carbonyl (C=O) groups is 1. The molecule has 0 radical (unpaired) electrons. The highest BCUT2D eigenvalue weighted by Gasteiger charge is 2.11. The molecule has 32 heavy (non-hydrogen) atoms. The lowest BCUT2D eigenvalue weighted by atomic mass is 10.2. The molecule has 0 aromatic heterocycles. The molecule has 2 aromatic rings. The highest BCUT2D eigenvalue weighted by molar-refractivity contribution is 7.80. The number of rotatable bonds is 12. The normalized spacial score (nSPS) is 13.5. The van der Waals surface area contributed by atoms with E-state index in [9.17, 15) is 4.79 Å². The van der Waals surface area contributed by atoms with E-state index in [4.69, 9.17) is 17.0 Å². The molecule has 0 aliphatic carbocycles. The van der Waals surface area contributed by atoms with Crippen molar-refractivity contribution in [3.05, 3.63) is 60.2 Å². The zero-order valence-electron chi connectivity index (χ0n) is 18.6. The van der Waals surface area contributed by atoms with Gasteiger partial charge in [0.1, 0.15) is 5.75 Å². The minimum atomic E-state index is 0.0568. The van der Waals surface area contributed by atoms with Crippen LogP contribution < -0.4 is 20.7 Å². The average molecular weight is 455 g/mol. The molecule has 1 fully saturated rings.